The maximum atomic E-state index is 12.5. The lowest BCUT2D eigenvalue weighted by atomic mass is 10.0. The molecule has 0 bridgehead atoms. The second-order valence-corrected chi connectivity index (χ2v) is 5.91. The summed E-state index contributed by atoms with van der Waals surface area (Å²) in [5.41, 5.74) is 1.91. The molecule has 0 saturated heterocycles. The van der Waals surface area contributed by atoms with Crippen LogP contribution in [-0.2, 0) is 16.1 Å². The molecule has 3 rings (SSSR count). The van der Waals surface area contributed by atoms with E-state index in [0.29, 0.717) is 25.5 Å². The molecule has 1 unspecified atom stereocenters. The molecule has 0 aliphatic carbocycles. The summed E-state index contributed by atoms with van der Waals surface area (Å²) in [5, 5.41) is 7.32. The first kappa shape index (κ1) is 16.2. The first-order valence-electron chi connectivity index (χ1n) is 8.33. The minimum Gasteiger partial charge on any atom is -0.343 e. The van der Waals surface area contributed by atoms with E-state index in [1.54, 1.807) is 15.8 Å². The normalized spacial score (nSPS) is 16.4. The SMILES string of the molecule is CCN(CC)C(=O)CC1Cn2ncc(-c3ccccc3)c2NC1=O. The topological polar surface area (TPSA) is 67.2 Å². The number of rotatable bonds is 5. The molecule has 2 aromatic rings. The van der Waals surface area contributed by atoms with Crippen molar-refractivity contribution in [1.29, 1.82) is 0 Å². The van der Waals surface area contributed by atoms with Gasteiger partial charge in [0.2, 0.25) is 11.8 Å². The number of hydrogen-bond acceptors (Lipinski definition) is 3. The Morgan fingerprint density at radius 2 is 2.00 bits per heavy atom. The molecule has 1 aromatic heterocycles. The molecule has 2 amide bonds. The number of carbonyl (C=O) groups is 2. The van der Waals surface area contributed by atoms with Crippen LogP contribution in [0.25, 0.3) is 11.1 Å². The van der Waals surface area contributed by atoms with Gasteiger partial charge in [-0.15, -0.1) is 0 Å². The maximum Gasteiger partial charge on any atom is 0.231 e. The predicted octanol–water partition coefficient (Wildman–Crippen LogP) is 2.38. The van der Waals surface area contributed by atoms with E-state index >= 15 is 0 Å². The number of aromatic nitrogens is 2. The van der Waals surface area contributed by atoms with Crippen LogP contribution >= 0.6 is 0 Å². The monoisotopic (exact) mass is 326 g/mol. The zero-order valence-corrected chi connectivity index (χ0v) is 14.0. The van der Waals surface area contributed by atoms with Crippen molar-refractivity contribution in [3.05, 3.63) is 36.5 Å². The van der Waals surface area contributed by atoms with Gasteiger partial charge in [0.15, 0.2) is 0 Å². The van der Waals surface area contributed by atoms with E-state index in [9.17, 15) is 9.59 Å². The number of nitrogens with zero attached hydrogens (tertiary/aromatic N) is 3. The van der Waals surface area contributed by atoms with Gasteiger partial charge in [0, 0.05) is 25.1 Å². The standard InChI is InChI=1S/C18H22N4O2/c1-3-21(4-2)16(23)10-14-12-22-17(20-18(14)24)15(11-19-22)13-8-6-5-7-9-13/h5-9,11,14H,3-4,10,12H2,1-2H3,(H,20,24). The average molecular weight is 326 g/mol. The summed E-state index contributed by atoms with van der Waals surface area (Å²) in [5.74, 6) is 0.228. The number of benzene rings is 1. The highest BCUT2D eigenvalue weighted by molar-refractivity contribution is 5.98. The average Bonchev–Trinajstić information content (AvgIpc) is 2.99. The third-order valence-electron chi connectivity index (χ3n) is 4.47. The van der Waals surface area contributed by atoms with Crippen LogP contribution in [0.2, 0.25) is 0 Å². The summed E-state index contributed by atoms with van der Waals surface area (Å²) in [6, 6.07) is 9.83. The van der Waals surface area contributed by atoms with Crippen LogP contribution < -0.4 is 5.32 Å². The highest BCUT2D eigenvalue weighted by Crippen LogP contribution is 2.31. The molecular formula is C18H22N4O2. The summed E-state index contributed by atoms with van der Waals surface area (Å²) in [6.45, 7) is 5.64. The van der Waals surface area contributed by atoms with Gasteiger partial charge in [0.1, 0.15) is 5.82 Å². The molecule has 1 atom stereocenters. The molecule has 1 aliphatic heterocycles. The lowest BCUT2D eigenvalue weighted by Gasteiger charge is -2.26. The van der Waals surface area contributed by atoms with Crippen molar-refractivity contribution >= 4 is 17.6 Å². The zero-order valence-electron chi connectivity index (χ0n) is 14.0. The van der Waals surface area contributed by atoms with E-state index in [2.05, 4.69) is 10.4 Å². The first-order valence-corrected chi connectivity index (χ1v) is 8.33. The molecular weight excluding hydrogens is 304 g/mol. The molecule has 1 N–H and O–H groups in total. The molecule has 0 radical (unpaired) electrons. The molecule has 6 nitrogen and oxygen atoms in total. The highest BCUT2D eigenvalue weighted by Gasteiger charge is 2.31. The van der Waals surface area contributed by atoms with E-state index in [0.717, 1.165) is 11.1 Å². The van der Waals surface area contributed by atoms with E-state index in [1.807, 2.05) is 44.2 Å². The van der Waals surface area contributed by atoms with Crippen molar-refractivity contribution in [3.8, 4) is 11.1 Å². The summed E-state index contributed by atoms with van der Waals surface area (Å²) >= 11 is 0. The van der Waals surface area contributed by atoms with Crippen molar-refractivity contribution in [2.45, 2.75) is 26.8 Å². The fourth-order valence-corrected chi connectivity index (χ4v) is 3.07. The number of nitrogens with one attached hydrogen (secondary N) is 1. The summed E-state index contributed by atoms with van der Waals surface area (Å²) in [6.07, 6.45) is 1.98. The zero-order chi connectivity index (χ0) is 17.1. The molecule has 24 heavy (non-hydrogen) atoms. The van der Waals surface area contributed by atoms with Crippen LogP contribution in [0.4, 0.5) is 5.82 Å². The van der Waals surface area contributed by atoms with Crippen molar-refractivity contribution in [1.82, 2.24) is 14.7 Å². The predicted molar refractivity (Wildman–Crippen MR) is 92.3 cm³/mol. The Kier molecular flexibility index (Phi) is 4.64. The van der Waals surface area contributed by atoms with Crippen molar-refractivity contribution in [2.24, 2.45) is 5.92 Å². The van der Waals surface area contributed by atoms with Crippen LogP contribution in [0.15, 0.2) is 36.5 Å². The van der Waals surface area contributed by atoms with Gasteiger partial charge < -0.3 is 10.2 Å². The van der Waals surface area contributed by atoms with E-state index in [-0.39, 0.29) is 24.2 Å². The minimum atomic E-state index is -0.380. The van der Waals surface area contributed by atoms with E-state index in [1.165, 1.54) is 0 Å². The highest BCUT2D eigenvalue weighted by atomic mass is 16.2. The van der Waals surface area contributed by atoms with Crippen LogP contribution in [0.1, 0.15) is 20.3 Å². The van der Waals surface area contributed by atoms with E-state index in [4.69, 9.17) is 0 Å². The van der Waals surface area contributed by atoms with Gasteiger partial charge in [-0.3, -0.25) is 9.59 Å². The van der Waals surface area contributed by atoms with Crippen LogP contribution in [0, 0.1) is 5.92 Å². The maximum absolute atomic E-state index is 12.5. The van der Waals surface area contributed by atoms with Crippen LogP contribution in [-0.4, -0.2) is 39.6 Å². The van der Waals surface area contributed by atoms with Gasteiger partial charge in [-0.05, 0) is 19.4 Å². The van der Waals surface area contributed by atoms with Gasteiger partial charge in [-0.25, -0.2) is 4.68 Å². The van der Waals surface area contributed by atoms with Gasteiger partial charge in [-0.2, -0.15) is 5.10 Å². The van der Waals surface area contributed by atoms with Crippen LogP contribution in [0.5, 0.6) is 0 Å². The fourth-order valence-electron chi connectivity index (χ4n) is 3.07. The molecule has 0 saturated carbocycles. The summed E-state index contributed by atoms with van der Waals surface area (Å²) < 4.78 is 1.78. The molecule has 0 spiro atoms. The van der Waals surface area contributed by atoms with E-state index < -0.39 is 0 Å². The van der Waals surface area contributed by atoms with Crippen LogP contribution in [0.3, 0.4) is 0 Å². The fraction of sp³-hybridized carbons (Fsp3) is 0.389. The molecule has 6 heteroatoms. The number of hydrogen-bond donors (Lipinski definition) is 1. The molecule has 0 fully saturated rings. The van der Waals surface area contributed by atoms with Crippen molar-refractivity contribution in [3.63, 3.8) is 0 Å². The molecule has 1 aliphatic rings. The smallest absolute Gasteiger partial charge is 0.231 e. The summed E-state index contributed by atoms with van der Waals surface area (Å²) in [7, 11) is 0. The Morgan fingerprint density at radius 1 is 1.29 bits per heavy atom. The Morgan fingerprint density at radius 3 is 2.67 bits per heavy atom. The minimum absolute atomic E-state index is 0.0130. The molecule has 126 valence electrons. The van der Waals surface area contributed by atoms with Gasteiger partial charge in [0.25, 0.3) is 0 Å². The first-order chi connectivity index (χ1) is 11.6. The number of amides is 2. The van der Waals surface area contributed by atoms with Gasteiger partial charge >= 0.3 is 0 Å². The lowest BCUT2D eigenvalue weighted by Crippen LogP contribution is -2.39. The van der Waals surface area contributed by atoms with Gasteiger partial charge in [-0.1, -0.05) is 30.3 Å². The molecule has 2 heterocycles. The Labute approximate surface area is 141 Å². The largest absolute Gasteiger partial charge is 0.343 e. The Balaban J connectivity index is 1.79. The third-order valence-corrected chi connectivity index (χ3v) is 4.47. The van der Waals surface area contributed by atoms with Crippen molar-refractivity contribution in [2.75, 3.05) is 18.4 Å². The Hall–Kier alpha value is -2.63. The third kappa shape index (κ3) is 3.04. The molecule has 1 aromatic carbocycles. The lowest BCUT2D eigenvalue weighted by molar-refractivity contribution is -0.135. The van der Waals surface area contributed by atoms with Crippen molar-refractivity contribution < 1.29 is 9.59 Å². The number of fused-ring (bicyclic) bond motifs is 1. The second-order valence-electron chi connectivity index (χ2n) is 5.91. The second kappa shape index (κ2) is 6.86. The van der Waals surface area contributed by atoms with Gasteiger partial charge in [0.05, 0.1) is 18.7 Å². The quantitative estimate of drug-likeness (QED) is 0.917. The number of anilines is 1. The number of carbonyl (C=O) groups excluding carboxylic acids is 2. The Bertz CT molecular complexity index is 735. The summed E-state index contributed by atoms with van der Waals surface area (Å²) in [4.78, 5) is 26.5.